The summed E-state index contributed by atoms with van der Waals surface area (Å²) in [4.78, 5) is 36.4. The van der Waals surface area contributed by atoms with Gasteiger partial charge in [0, 0.05) is 29.9 Å². The number of halogens is 4. The Morgan fingerprint density at radius 1 is 1.12 bits per heavy atom. The van der Waals surface area contributed by atoms with Gasteiger partial charge in [0.1, 0.15) is 6.04 Å². The number of hydrogen-bond acceptors (Lipinski definition) is 7. The summed E-state index contributed by atoms with van der Waals surface area (Å²) < 4.78 is 72.6. The second-order valence-corrected chi connectivity index (χ2v) is 13.7. The van der Waals surface area contributed by atoms with Crippen molar-refractivity contribution < 1.29 is 45.8 Å². The normalized spacial score (nSPS) is 25.5. The number of amides is 3. The van der Waals surface area contributed by atoms with E-state index in [2.05, 4.69) is 20.7 Å². The number of alkyl carbamates (subject to hydrolysis) is 1. The van der Waals surface area contributed by atoms with Gasteiger partial charge in [-0.2, -0.15) is 0 Å². The van der Waals surface area contributed by atoms with E-state index in [4.69, 9.17) is 11.6 Å². The maximum Gasteiger partial charge on any atom is 0.407 e. The summed E-state index contributed by atoms with van der Waals surface area (Å²) in [7, 11) is -2.98. The van der Waals surface area contributed by atoms with Crippen LogP contribution in [-0.2, 0) is 19.4 Å². The largest absolute Gasteiger partial charge is 0.453 e. The third-order valence-corrected chi connectivity index (χ3v) is 11.1. The monoisotopic (exact) mass is 645 g/mol. The number of aliphatic hydroxyl groups is 1. The summed E-state index contributed by atoms with van der Waals surface area (Å²) in [5.74, 6) is -7.23. The molecule has 2 aromatic carbocycles. The molecule has 10 nitrogen and oxygen atoms in total. The molecule has 4 N–H and O–H groups in total. The number of ether oxygens (including phenoxy) is 1. The molecule has 0 heterocycles. The minimum atomic E-state index is -4.14. The van der Waals surface area contributed by atoms with Crippen molar-refractivity contribution in [2.75, 3.05) is 19.0 Å². The van der Waals surface area contributed by atoms with Crippen LogP contribution in [0.25, 0.3) is 0 Å². The van der Waals surface area contributed by atoms with Crippen LogP contribution in [0.3, 0.4) is 0 Å². The zero-order chi connectivity index (χ0) is 31.9. The Morgan fingerprint density at radius 3 is 2.37 bits per heavy atom. The molecule has 43 heavy (non-hydrogen) atoms. The second-order valence-electron chi connectivity index (χ2n) is 11.1. The number of carbonyl (C=O) groups excluding carboxylic acids is 3. The maximum atomic E-state index is 13.8. The number of sulfone groups is 1. The Labute approximate surface area is 251 Å². The third kappa shape index (κ3) is 6.46. The first-order valence-electron chi connectivity index (χ1n) is 13.4. The Bertz CT molecular complexity index is 1540. The molecule has 6 atom stereocenters. The third-order valence-electron chi connectivity index (χ3n) is 8.40. The number of rotatable bonds is 8. The highest BCUT2D eigenvalue weighted by Crippen LogP contribution is 2.54. The van der Waals surface area contributed by atoms with E-state index in [0.29, 0.717) is 18.6 Å². The first kappa shape index (κ1) is 32.6. The molecule has 4 rings (SSSR count). The summed E-state index contributed by atoms with van der Waals surface area (Å²) in [6.45, 7) is 3.20. The van der Waals surface area contributed by atoms with Crippen molar-refractivity contribution in [1.82, 2.24) is 10.6 Å². The molecule has 15 heteroatoms. The highest BCUT2D eigenvalue weighted by Gasteiger charge is 2.58. The minimum Gasteiger partial charge on any atom is -0.453 e. The van der Waals surface area contributed by atoms with Gasteiger partial charge in [-0.1, -0.05) is 18.5 Å². The summed E-state index contributed by atoms with van der Waals surface area (Å²) >= 11 is 6.27. The smallest absolute Gasteiger partial charge is 0.407 e. The van der Waals surface area contributed by atoms with E-state index in [-0.39, 0.29) is 46.5 Å². The molecule has 0 aliphatic heterocycles. The zero-order valence-corrected chi connectivity index (χ0v) is 25.0. The fourth-order valence-electron chi connectivity index (χ4n) is 6.13. The van der Waals surface area contributed by atoms with Gasteiger partial charge in [0.05, 0.1) is 27.9 Å². The lowest BCUT2D eigenvalue weighted by Crippen LogP contribution is -2.57. The quantitative estimate of drug-likeness (QED) is 0.319. The Balaban J connectivity index is 1.51. The topological polar surface area (TPSA) is 151 Å². The first-order chi connectivity index (χ1) is 20.1. The molecule has 0 aromatic heterocycles. The van der Waals surface area contributed by atoms with Gasteiger partial charge in [0.25, 0.3) is 5.91 Å². The molecule has 0 spiro atoms. The molecule has 2 aliphatic carbocycles. The number of anilines is 1. The van der Waals surface area contributed by atoms with Crippen molar-refractivity contribution in [2.24, 2.45) is 17.8 Å². The SMILES string of the molecule is COC(=O)NC(C)C(=O)NC[C@@]1(O)C2C[C@@H](S(=O)(=O)c3cc(C(=O)Nc4cc(F)c(F)c(F)c4)ccc3Cl)C[C@@H]1[C@@H](C)C2. The van der Waals surface area contributed by atoms with Gasteiger partial charge in [-0.05, 0) is 62.1 Å². The molecule has 2 unspecified atom stereocenters. The number of nitrogens with one attached hydrogen (secondary N) is 3. The van der Waals surface area contributed by atoms with Crippen LogP contribution in [0.4, 0.5) is 23.7 Å². The Kier molecular flexibility index (Phi) is 9.33. The Hall–Kier alpha value is -3.36. The van der Waals surface area contributed by atoms with Crippen LogP contribution in [0.1, 0.15) is 43.5 Å². The summed E-state index contributed by atoms with van der Waals surface area (Å²) in [5.41, 5.74) is -1.94. The lowest BCUT2D eigenvalue weighted by atomic mass is 9.73. The van der Waals surface area contributed by atoms with Gasteiger partial charge in [0.15, 0.2) is 27.3 Å². The van der Waals surface area contributed by atoms with Crippen molar-refractivity contribution in [3.63, 3.8) is 0 Å². The van der Waals surface area contributed by atoms with Gasteiger partial charge < -0.3 is 25.8 Å². The summed E-state index contributed by atoms with van der Waals surface area (Å²) in [5, 5.41) is 17.7. The maximum absolute atomic E-state index is 13.8. The van der Waals surface area contributed by atoms with Crippen molar-refractivity contribution in [2.45, 2.75) is 54.9 Å². The lowest BCUT2D eigenvalue weighted by molar-refractivity contribution is -0.126. The predicted octanol–water partition coefficient (Wildman–Crippen LogP) is 3.81. The van der Waals surface area contributed by atoms with Crippen LogP contribution in [0.2, 0.25) is 5.02 Å². The molecular weight excluding hydrogens is 615 g/mol. The molecule has 2 aliphatic rings. The highest BCUT2D eigenvalue weighted by atomic mass is 35.5. The number of fused-ring (bicyclic) bond motifs is 2. The van der Waals surface area contributed by atoms with Gasteiger partial charge in [-0.15, -0.1) is 0 Å². The average Bonchev–Trinajstić information content (AvgIpc) is 3.06. The summed E-state index contributed by atoms with van der Waals surface area (Å²) in [6, 6.07) is 3.74. The molecule has 234 valence electrons. The molecular formula is C28H31ClF3N3O7S. The van der Waals surface area contributed by atoms with Crippen molar-refractivity contribution >= 4 is 45.0 Å². The minimum absolute atomic E-state index is 0.0588. The molecule has 2 aromatic rings. The molecule has 2 fully saturated rings. The molecule has 2 saturated carbocycles. The van der Waals surface area contributed by atoms with Crippen molar-refractivity contribution in [1.29, 1.82) is 0 Å². The highest BCUT2D eigenvalue weighted by molar-refractivity contribution is 7.92. The fraction of sp³-hybridized carbons (Fsp3) is 0.464. The van der Waals surface area contributed by atoms with Crippen LogP contribution in [0, 0.1) is 35.2 Å². The van der Waals surface area contributed by atoms with E-state index in [1.807, 2.05) is 6.92 Å². The van der Waals surface area contributed by atoms with E-state index in [1.165, 1.54) is 19.1 Å². The van der Waals surface area contributed by atoms with Gasteiger partial charge in [-0.25, -0.2) is 26.4 Å². The first-order valence-corrected chi connectivity index (χ1v) is 15.3. The van der Waals surface area contributed by atoms with Crippen molar-refractivity contribution in [3.8, 4) is 0 Å². The number of carbonyl (C=O) groups is 3. The average molecular weight is 646 g/mol. The van der Waals surface area contributed by atoms with Crippen molar-refractivity contribution in [3.05, 3.63) is 58.4 Å². The standard InChI is InChI=1S/C28H31ClF3N3O7S/c1-13-6-16-8-18(11-19(13)28(16,39)12-33-25(36)14(2)34-27(38)42-3)43(40,41)23-7-15(4-5-20(23)29)26(37)35-17-9-21(30)24(32)22(31)10-17/h4-5,7,9-10,13-14,16,18-19,39H,6,8,11-12H2,1-3H3,(H,33,36)(H,34,38)(H,35,37)/t13-,14?,16?,18+,19+,28+/m0/s1. The van der Waals surface area contributed by atoms with Crippen LogP contribution >= 0.6 is 11.6 Å². The zero-order valence-electron chi connectivity index (χ0n) is 23.4. The van der Waals surface area contributed by atoms with Crippen LogP contribution < -0.4 is 16.0 Å². The fourth-order valence-corrected chi connectivity index (χ4v) is 8.51. The van der Waals surface area contributed by atoms with Crippen LogP contribution in [-0.4, -0.2) is 62.0 Å². The van der Waals surface area contributed by atoms with Gasteiger partial charge in [-0.3, -0.25) is 9.59 Å². The molecule has 0 radical (unpaired) electrons. The molecule has 2 bridgehead atoms. The van der Waals surface area contributed by atoms with E-state index < -0.39 is 73.9 Å². The van der Waals surface area contributed by atoms with E-state index in [0.717, 1.165) is 13.2 Å². The Morgan fingerprint density at radius 2 is 1.77 bits per heavy atom. The van der Waals surface area contributed by atoms with Gasteiger partial charge in [0.2, 0.25) is 5.91 Å². The number of methoxy groups -OCH3 is 1. The summed E-state index contributed by atoms with van der Waals surface area (Å²) in [6.07, 6.45) is -0.158. The van der Waals surface area contributed by atoms with Crippen LogP contribution in [0.15, 0.2) is 35.2 Å². The lowest BCUT2D eigenvalue weighted by Gasteiger charge is -2.43. The van der Waals surface area contributed by atoms with E-state index >= 15 is 0 Å². The van der Waals surface area contributed by atoms with Gasteiger partial charge >= 0.3 is 6.09 Å². The van der Waals surface area contributed by atoms with E-state index in [1.54, 1.807) is 0 Å². The van der Waals surface area contributed by atoms with E-state index in [9.17, 15) is 41.1 Å². The molecule has 3 amide bonds. The number of benzene rings is 2. The van der Waals surface area contributed by atoms with Crippen LogP contribution in [0.5, 0.6) is 0 Å². The second kappa shape index (κ2) is 12.3. The molecule has 0 saturated heterocycles. The predicted molar refractivity (Wildman–Crippen MR) is 150 cm³/mol. The number of hydrogen-bond donors (Lipinski definition) is 4.